The lowest BCUT2D eigenvalue weighted by Gasteiger charge is -2.36. The Labute approximate surface area is 143 Å². The summed E-state index contributed by atoms with van der Waals surface area (Å²) < 4.78 is 37.3. The minimum atomic E-state index is -3.15. The third kappa shape index (κ3) is 4.14. The molecular weight excluding hydrogens is 332 g/mol. The summed E-state index contributed by atoms with van der Waals surface area (Å²) in [6, 6.07) is 0. The Kier molecular flexibility index (Phi) is 5.85. The molecule has 9 heteroatoms. The van der Waals surface area contributed by atoms with E-state index in [2.05, 4.69) is 15.0 Å². The second-order valence-corrected chi connectivity index (χ2v) is 8.73. The summed E-state index contributed by atoms with van der Waals surface area (Å²) in [5, 5.41) is 3.67. The molecule has 0 amide bonds. The highest BCUT2D eigenvalue weighted by molar-refractivity contribution is 7.89. The van der Waals surface area contributed by atoms with Gasteiger partial charge in [-0.3, -0.25) is 4.90 Å². The second kappa shape index (κ2) is 7.90. The van der Waals surface area contributed by atoms with E-state index in [9.17, 15) is 8.42 Å². The van der Waals surface area contributed by atoms with E-state index in [-0.39, 0.29) is 5.25 Å². The number of aromatic nitrogens is 2. The van der Waals surface area contributed by atoms with Crippen molar-refractivity contribution >= 4 is 10.0 Å². The molecule has 1 aliphatic carbocycles. The third-order valence-corrected chi connectivity index (χ3v) is 7.21. The van der Waals surface area contributed by atoms with Gasteiger partial charge >= 0.3 is 0 Å². The summed E-state index contributed by atoms with van der Waals surface area (Å²) in [7, 11) is -1.56. The molecule has 1 saturated heterocycles. The highest BCUT2D eigenvalue weighted by atomic mass is 32.2. The highest BCUT2D eigenvalue weighted by Crippen LogP contribution is 2.26. The number of rotatable bonds is 6. The first-order chi connectivity index (χ1) is 11.6. The van der Waals surface area contributed by atoms with E-state index >= 15 is 0 Å². The van der Waals surface area contributed by atoms with Crippen molar-refractivity contribution in [2.45, 2.75) is 50.5 Å². The number of nitrogens with zero attached hydrogens (tertiary/aromatic N) is 4. The van der Waals surface area contributed by atoms with Gasteiger partial charge in [0.15, 0.2) is 5.82 Å². The first-order valence-corrected chi connectivity index (χ1v) is 10.1. The molecule has 2 fully saturated rings. The van der Waals surface area contributed by atoms with Crippen molar-refractivity contribution in [1.29, 1.82) is 0 Å². The summed E-state index contributed by atoms with van der Waals surface area (Å²) in [6.45, 7) is 3.34. The number of hydrogen-bond acceptors (Lipinski definition) is 7. The SMILES string of the molecule is COCc1noc(CN2CCN(S(=O)(=O)C3CCCCC3)CC2)n1. The summed E-state index contributed by atoms with van der Waals surface area (Å²) >= 11 is 0. The first kappa shape index (κ1) is 17.8. The molecule has 8 nitrogen and oxygen atoms in total. The van der Waals surface area contributed by atoms with Gasteiger partial charge in [-0.25, -0.2) is 8.42 Å². The van der Waals surface area contributed by atoms with Crippen LogP contribution >= 0.6 is 0 Å². The molecule has 0 atom stereocenters. The van der Waals surface area contributed by atoms with Gasteiger partial charge in [-0.15, -0.1) is 0 Å². The number of hydrogen-bond donors (Lipinski definition) is 0. The van der Waals surface area contributed by atoms with Crippen LogP contribution in [-0.4, -0.2) is 66.3 Å². The van der Waals surface area contributed by atoms with Gasteiger partial charge in [0.2, 0.25) is 15.9 Å². The van der Waals surface area contributed by atoms with E-state index in [1.165, 1.54) is 0 Å². The summed E-state index contributed by atoms with van der Waals surface area (Å²) in [4.78, 5) is 6.41. The minimum Gasteiger partial charge on any atom is -0.377 e. The molecule has 136 valence electrons. The summed E-state index contributed by atoms with van der Waals surface area (Å²) in [5.41, 5.74) is 0. The van der Waals surface area contributed by atoms with Gasteiger partial charge in [-0.2, -0.15) is 9.29 Å². The van der Waals surface area contributed by atoms with E-state index in [0.717, 1.165) is 32.1 Å². The lowest BCUT2D eigenvalue weighted by molar-refractivity contribution is 0.161. The van der Waals surface area contributed by atoms with Crippen molar-refractivity contribution in [2.75, 3.05) is 33.3 Å². The van der Waals surface area contributed by atoms with Crippen LogP contribution in [0.1, 0.15) is 43.8 Å². The molecule has 0 N–H and O–H groups in total. The van der Waals surface area contributed by atoms with Crippen LogP contribution in [0, 0.1) is 0 Å². The van der Waals surface area contributed by atoms with Crippen molar-refractivity contribution in [3.8, 4) is 0 Å². The van der Waals surface area contributed by atoms with E-state index < -0.39 is 10.0 Å². The molecular formula is C15H26N4O4S. The topological polar surface area (TPSA) is 88.8 Å². The quantitative estimate of drug-likeness (QED) is 0.749. The maximum absolute atomic E-state index is 12.7. The predicted octanol–water partition coefficient (Wildman–Crippen LogP) is 0.996. The molecule has 3 rings (SSSR count). The van der Waals surface area contributed by atoms with Gasteiger partial charge < -0.3 is 9.26 Å². The minimum absolute atomic E-state index is 0.176. The fraction of sp³-hybridized carbons (Fsp3) is 0.867. The number of sulfonamides is 1. The second-order valence-electron chi connectivity index (χ2n) is 6.52. The normalized spacial score (nSPS) is 22.0. The number of ether oxygens (including phenoxy) is 1. The van der Waals surface area contributed by atoms with Crippen LogP contribution in [-0.2, 0) is 27.9 Å². The number of methoxy groups -OCH3 is 1. The molecule has 24 heavy (non-hydrogen) atoms. The maximum atomic E-state index is 12.7. The number of piperazine rings is 1. The summed E-state index contributed by atoms with van der Waals surface area (Å²) in [6.07, 6.45) is 4.85. The van der Waals surface area contributed by atoms with E-state index in [1.54, 1.807) is 11.4 Å². The van der Waals surface area contributed by atoms with E-state index in [4.69, 9.17) is 9.26 Å². The van der Waals surface area contributed by atoms with Crippen molar-refractivity contribution in [3.63, 3.8) is 0 Å². The van der Waals surface area contributed by atoms with Crippen LogP contribution in [0.4, 0.5) is 0 Å². The largest absolute Gasteiger partial charge is 0.377 e. The molecule has 2 aliphatic rings. The zero-order valence-electron chi connectivity index (χ0n) is 14.2. The Morgan fingerprint density at radius 3 is 2.54 bits per heavy atom. The van der Waals surface area contributed by atoms with Crippen molar-refractivity contribution in [3.05, 3.63) is 11.7 Å². The Balaban J connectivity index is 1.51. The fourth-order valence-corrected chi connectivity index (χ4v) is 5.47. The maximum Gasteiger partial charge on any atom is 0.240 e. The fourth-order valence-electron chi connectivity index (χ4n) is 3.45. The zero-order chi connectivity index (χ0) is 17.0. The van der Waals surface area contributed by atoms with Crippen molar-refractivity contribution in [2.24, 2.45) is 0 Å². The van der Waals surface area contributed by atoms with Gasteiger partial charge in [0.05, 0.1) is 11.8 Å². The van der Waals surface area contributed by atoms with Gasteiger partial charge in [-0.1, -0.05) is 24.4 Å². The van der Waals surface area contributed by atoms with Crippen LogP contribution < -0.4 is 0 Å². The molecule has 0 bridgehead atoms. The van der Waals surface area contributed by atoms with E-state index in [1.807, 2.05) is 0 Å². The third-order valence-electron chi connectivity index (χ3n) is 4.81. The average molecular weight is 358 g/mol. The highest BCUT2D eigenvalue weighted by Gasteiger charge is 2.34. The molecule has 0 unspecified atom stereocenters. The van der Waals surface area contributed by atoms with Crippen molar-refractivity contribution < 1.29 is 17.7 Å². The van der Waals surface area contributed by atoms with Crippen LogP contribution in [0.15, 0.2) is 4.52 Å². The molecule has 0 aromatic carbocycles. The first-order valence-electron chi connectivity index (χ1n) is 8.61. The van der Waals surface area contributed by atoms with Crippen LogP contribution in [0.2, 0.25) is 0 Å². The molecule has 2 heterocycles. The lowest BCUT2D eigenvalue weighted by atomic mass is 10.0. The van der Waals surface area contributed by atoms with Gasteiger partial charge in [0, 0.05) is 33.3 Å². The molecule has 0 spiro atoms. The van der Waals surface area contributed by atoms with Gasteiger partial charge in [-0.05, 0) is 12.8 Å². The standard InChI is InChI=1S/C15H26N4O4S/c1-22-12-14-16-15(23-17-14)11-18-7-9-19(10-8-18)24(20,21)13-5-3-2-4-6-13/h13H,2-12H2,1H3. The molecule has 1 aromatic heterocycles. The molecule has 0 radical (unpaired) electrons. The van der Waals surface area contributed by atoms with Gasteiger partial charge in [0.1, 0.15) is 6.61 Å². The Bertz CT molecular complexity index is 619. The Morgan fingerprint density at radius 1 is 1.17 bits per heavy atom. The predicted molar refractivity (Wildman–Crippen MR) is 87.7 cm³/mol. The van der Waals surface area contributed by atoms with Gasteiger partial charge in [0.25, 0.3) is 0 Å². The Morgan fingerprint density at radius 2 is 1.88 bits per heavy atom. The molecule has 1 saturated carbocycles. The summed E-state index contributed by atoms with van der Waals surface area (Å²) in [5.74, 6) is 1.08. The smallest absolute Gasteiger partial charge is 0.240 e. The Hall–Kier alpha value is -1.03. The monoisotopic (exact) mass is 358 g/mol. The molecule has 1 aliphatic heterocycles. The average Bonchev–Trinajstić information content (AvgIpc) is 3.04. The lowest BCUT2D eigenvalue weighted by Crippen LogP contribution is -2.51. The van der Waals surface area contributed by atoms with Crippen LogP contribution in [0.3, 0.4) is 0 Å². The van der Waals surface area contributed by atoms with E-state index in [0.29, 0.717) is 51.0 Å². The van der Waals surface area contributed by atoms with Crippen LogP contribution in [0.25, 0.3) is 0 Å². The molecule has 1 aromatic rings. The van der Waals surface area contributed by atoms with Crippen molar-refractivity contribution in [1.82, 2.24) is 19.3 Å². The zero-order valence-corrected chi connectivity index (χ0v) is 15.0. The van der Waals surface area contributed by atoms with Crippen LogP contribution in [0.5, 0.6) is 0 Å².